The highest BCUT2D eigenvalue weighted by molar-refractivity contribution is 6.33. The molecule has 1 amide bonds. The first-order valence-electron chi connectivity index (χ1n) is 9.22. The summed E-state index contributed by atoms with van der Waals surface area (Å²) in [5.41, 5.74) is 2.19. The lowest BCUT2D eigenvalue weighted by atomic mass is 10.2. The monoisotopic (exact) mass is 399 g/mol. The smallest absolute Gasteiger partial charge is 0.326 e. The number of rotatable bonds is 8. The molecule has 0 bridgehead atoms. The van der Waals surface area contributed by atoms with Crippen LogP contribution in [0.1, 0.15) is 29.5 Å². The number of aryl methyl sites for hydroxylation is 1. The van der Waals surface area contributed by atoms with Crippen molar-refractivity contribution in [3.63, 3.8) is 0 Å². The predicted octanol–water partition coefficient (Wildman–Crippen LogP) is 3.62. The second-order valence-corrected chi connectivity index (χ2v) is 6.65. The highest BCUT2D eigenvalue weighted by Gasteiger charge is 2.14. The van der Waals surface area contributed by atoms with Crippen molar-refractivity contribution in [1.82, 2.24) is 14.9 Å². The number of carbonyl (C=O) groups excluding carboxylic acids is 2. The van der Waals surface area contributed by atoms with E-state index in [-0.39, 0.29) is 18.4 Å². The first-order valence-corrected chi connectivity index (χ1v) is 9.60. The third-order valence-electron chi connectivity index (χ3n) is 4.31. The zero-order valence-corrected chi connectivity index (χ0v) is 16.4. The molecule has 3 rings (SSSR count). The van der Waals surface area contributed by atoms with Gasteiger partial charge in [-0.05, 0) is 37.6 Å². The van der Waals surface area contributed by atoms with E-state index in [9.17, 15) is 9.59 Å². The molecule has 0 aliphatic heterocycles. The summed E-state index contributed by atoms with van der Waals surface area (Å²) in [6.45, 7) is 2.73. The lowest BCUT2D eigenvalue weighted by Crippen LogP contribution is -2.25. The number of aromatic nitrogens is 2. The number of halogens is 1. The molecule has 1 heterocycles. The fourth-order valence-corrected chi connectivity index (χ4v) is 3.24. The summed E-state index contributed by atoms with van der Waals surface area (Å²) in [6.07, 6.45) is 1.30. The number of esters is 1. The molecule has 1 aromatic heterocycles. The van der Waals surface area contributed by atoms with Crippen molar-refractivity contribution >= 4 is 34.5 Å². The molecule has 6 nitrogen and oxygen atoms in total. The Morgan fingerprint density at radius 2 is 1.89 bits per heavy atom. The minimum absolute atomic E-state index is 0.121. The summed E-state index contributed by atoms with van der Waals surface area (Å²) in [5, 5.41) is 3.30. The first-order chi connectivity index (χ1) is 13.6. The van der Waals surface area contributed by atoms with Crippen LogP contribution >= 0.6 is 11.6 Å². The van der Waals surface area contributed by atoms with Gasteiger partial charge in [0.1, 0.15) is 12.4 Å². The van der Waals surface area contributed by atoms with Gasteiger partial charge in [0.15, 0.2) is 0 Å². The maximum absolute atomic E-state index is 12.2. The van der Waals surface area contributed by atoms with Gasteiger partial charge in [-0.25, -0.2) is 4.98 Å². The van der Waals surface area contributed by atoms with E-state index in [1.54, 1.807) is 31.2 Å². The van der Waals surface area contributed by atoms with Gasteiger partial charge >= 0.3 is 5.97 Å². The molecule has 0 saturated carbocycles. The van der Waals surface area contributed by atoms with E-state index >= 15 is 0 Å². The fraction of sp³-hybridized carbons (Fsp3) is 0.286. The quantitative estimate of drug-likeness (QED) is 0.464. The summed E-state index contributed by atoms with van der Waals surface area (Å²) >= 11 is 6.05. The third kappa shape index (κ3) is 4.70. The summed E-state index contributed by atoms with van der Waals surface area (Å²) in [7, 11) is 0. The van der Waals surface area contributed by atoms with Gasteiger partial charge in [-0.15, -0.1) is 0 Å². The van der Waals surface area contributed by atoms with E-state index in [0.29, 0.717) is 36.6 Å². The highest BCUT2D eigenvalue weighted by atomic mass is 35.5. The normalized spacial score (nSPS) is 10.8. The molecular formula is C21H22ClN3O3. The molecule has 28 heavy (non-hydrogen) atoms. The highest BCUT2D eigenvalue weighted by Crippen LogP contribution is 2.18. The van der Waals surface area contributed by atoms with Gasteiger partial charge in [-0.3, -0.25) is 9.59 Å². The van der Waals surface area contributed by atoms with Crippen LogP contribution in [0, 0.1) is 0 Å². The Bertz CT molecular complexity index is 984. The van der Waals surface area contributed by atoms with Crippen LogP contribution in [-0.2, 0) is 22.5 Å². The number of fused-ring (bicyclic) bond motifs is 1. The number of carbonyl (C=O) groups is 2. The van der Waals surface area contributed by atoms with Crippen molar-refractivity contribution in [2.45, 2.75) is 26.3 Å². The zero-order valence-electron chi connectivity index (χ0n) is 15.7. The second kappa shape index (κ2) is 9.37. The molecule has 0 atom stereocenters. The van der Waals surface area contributed by atoms with Crippen LogP contribution in [0.15, 0.2) is 48.5 Å². The van der Waals surface area contributed by atoms with Gasteiger partial charge in [0.2, 0.25) is 0 Å². The van der Waals surface area contributed by atoms with Crippen LogP contribution < -0.4 is 5.32 Å². The molecule has 0 unspecified atom stereocenters. The maximum Gasteiger partial charge on any atom is 0.326 e. The van der Waals surface area contributed by atoms with Crippen LogP contribution in [-0.4, -0.2) is 34.6 Å². The summed E-state index contributed by atoms with van der Waals surface area (Å²) < 4.78 is 6.96. The minimum Gasteiger partial charge on any atom is -0.465 e. The Morgan fingerprint density at radius 1 is 1.14 bits per heavy atom. The molecule has 0 saturated heterocycles. The van der Waals surface area contributed by atoms with Crippen molar-refractivity contribution in [3.8, 4) is 0 Å². The molecule has 0 aliphatic rings. The Morgan fingerprint density at radius 3 is 2.68 bits per heavy atom. The third-order valence-corrected chi connectivity index (χ3v) is 4.64. The molecule has 2 aromatic carbocycles. The molecule has 3 aromatic rings. The topological polar surface area (TPSA) is 73.2 Å². The number of amides is 1. The number of hydrogen-bond acceptors (Lipinski definition) is 4. The van der Waals surface area contributed by atoms with E-state index in [2.05, 4.69) is 10.3 Å². The van der Waals surface area contributed by atoms with Crippen LogP contribution in [0.5, 0.6) is 0 Å². The van der Waals surface area contributed by atoms with Gasteiger partial charge < -0.3 is 14.6 Å². The van der Waals surface area contributed by atoms with Gasteiger partial charge in [-0.2, -0.15) is 0 Å². The van der Waals surface area contributed by atoms with E-state index in [4.69, 9.17) is 16.3 Å². The molecule has 1 N–H and O–H groups in total. The number of ether oxygens (including phenoxy) is 1. The number of hydrogen-bond donors (Lipinski definition) is 1. The van der Waals surface area contributed by atoms with Crippen molar-refractivity contribution in [2.24, 2.45) is 0 Å². The van der Waals surface area contributed by atoms with E-state index in [1.807, 2.05) is 28.8 Å². The Balaban J connectivity index is 1.64. The zero-order chi connectivity index (χ0) is 19.9. The average molecular weight is 400 g/mol. The van der Waals surface area contributed by atoms with Crippen molar-refractivity contribution < 1.29 is 14.3 Å². The SMILES string of the molecule is CCOC(=O)Cn1c(CCCNC(=O)c2ccccc2Cl)nc2ccccc21. The predicted molar refractivity (Wildman–Crippen MR) is 108 cm³/mol. The largest absolute Gasteiger partial charge is 0.465 e. The number of nitrogens with zero attached hydrogens (tertiary/aromatic N) is 2. The van der Waals surface area contributed by atoms with Gasteiger partial charge in [0, 0.05) is 13.0 Å². The van der Waals surface area contributed by atoms with Crippen LogP contribution in [0.2, 0.25) is 5.02 Å². The van der Waals surface area contributed by atoms with Crippen LogP contribution in [0.4, 0.5) is 0 Å². The summed E-state index contributed by atoms with van der Waals surface area (Å²) in [4.78, 5) is 28.8. The Kier molecular flexibility index (Phi) is 6.66. The summed E-state index contributed by atoms with van der Waals surface area (Å²) in [6, 6.07) is 14.6. The first kappa shape index (κ1) is 19.9. The number of imidazole rings is 1. The lowest BCUT2D eigenvalue weighted by molar-refractivity contribution is -0.143. The molecule has 7 heteroatoms. The van der Waals surface area contributed by atoms with E-state index < -0.39 is 0 Å². The Labute approximate surface area is 168 Å². The molecule has 0 fully saturated rings. The minimum atomic E-state index is -0.293. The maximum atomic E-state index is 12.2. The second-order valence-electron chi connectivity index (χ2n) is 6.25. The molecular weight excluding hydrogens is 378 g/mol. The van der Waals surface area contributed by atoms with Crippen molar-refractivity contribution in [1.29, 1.82) is 0 Å². The standard InChI is InChI=1S/C21H22ClN3O3/c1-2-28-20(26)14-25-18-11-6-5-10-17(18)24-19(25)12-7-13-23-21(27)15-8-3-4-9-16(15)22/h3-6,8-11H,2,7,12-14H2,1H3,(H,23,27). The van der Waals surface area contributed by atoms with E-state index in [1.165, 1.54) is 0 Å². The molecule has 146 valence electrons. The van der Waals surface area contributed by atoms with Gasteiger partial charge in [-0.1, -0.05) is 35.9 Å². The summed E-state index contributed by atoms with van der Waals surface area (Å²) in [5.74, 6) is 0.297. The van der Waals surface area contributed by atoms with Crippen LogP contribution in [0.3, 0.4) is 0 Å². The fourth-order valence-electron chi connectivity index (χ4n) is 3.02. The van der Waals surface area contributed by atoms with Crippen molar-refractivity contribution in [2.75, 3.05) is 13.2 Å². The number of para-hydroxylation sites is 2. The Hall–Kier alpha value is -2.86. The average Bonchev–Trinajstić information content (AvgIpc) is 3.03. The molecule has 0 radical (unpaired) electrons. The molecule has 0 aliphatic carbocycles. The molecule has 0 spiro atoms. The van der Waals surface area contributed by atoms with Crippen LogP contribution in [0.25, 0.3) is 11.0 Å². The van der Waals surface area contributed by atoms with E-state index in [0.717, 1.165) is 16.9 Å². The lowest BCUT2D eigenvalue weighted by Gasteiger charge is -2.09. The number of nitrogens with one attached hydrogen (secondary N) is 1. The van der Waals surface area contributed by atoms with Crippen molar-refractivity contribution in [3.05, 3.63) is 64.9 Å². The number of benzene rings is 2. The van der Waals surface area contributed by atoms with Gasteiger partial charge in [0.25, 0.3) is 5.91 Å². The van der Waals surface area contributed by atoms with Gasteiger partial charge in [0.05, 0.1) is 28.2 Å².